The molecule has 1 heterocycles. The van der Waals surface area contributed by atoms with Crippen LogP contribution in [0.5, 0.6) is 0 Å². The lowest BCUT2D eigenvalue weighted by atomic mass is 10.1. The number of amides is 1. The van der Waals surface area contributed by atoms with Gasteiger partial charge < -0.3 is 15.4 Å². The second-order valence-corrected chi connectivity index (χ2v) is 7.71. The fourth-order valence-electron chi connectivity index (χ4n) is 2.64. The molecule has 25 heavy (non-hydrogen) atoms. The molecule has 0 bridgehead atoms. The smallest absolute Gasteiger partial charge is 0.225 e. The molecule has 1 unspecified atom stereocenters. The van der Waals surface area contributed by atoms with Crippen molar-refractivity contribution in [2.75, 3.05) is 13.7 Å². The Morgan fingerprint density at radius 2 is 1.88 bits per heavy atom. The van der Waals surface area contributed by atoms with E-state index in [1.54, 1.807) is 18.4 Å². The van der Waals surface area contributed by atoms with Crippen LogP contribution in [-0.4, -0.2) is 36.6 Å². The van der Waals surface area contributed by atoms with E-state index >= 15 is 0 Å². The summed E-state index contributed by atoms with van der Waals surface area (Å²) in [6, 6.07) is 12.9. The Bertz CT molecular complexity index is 675. The van der Waals surface area contributed by atoms with E-state index in [9.17, 15) is 4.79 Å². The van der Waals surface area contributed by atoms with Crippen molar-refractivity contribution in [3.63, 3.8) is 0 Å². The number of carbonyl (C=O) groups is 1. The first-order valence-corrected chi connectivity index (χ1v) is 9.44. The van der Waals surface area contributed by atoms with E-state index in [1.165, 1.54) is 20.9 Å². The van der Waals surface area contributed by atoms with Gasteiger partial charge in [0.05, 0.1) is 19.1 Å². The van der Waals surface area contributed by atoms with Gasteiger partial charge in [0, 0.05) is 29.5 Å². The van der Waals surface area contributed by atoms with Crippen LogP contribution < -0.4 is 5.73 Å². The van der Waals surface area contributed by atoms with Gasteiger partial charge in [0.1, 0.15) is 0 Å². The van der Waals surface area contributed by atoms with E-state index in [1.807, 2.05) is 18.7 Å². The van der Waals surface area contributed by atoms with Crippen molar-refractivity contribution in [3.05, 3.63) is 46.8 Å². The van der Waals surface area contributed by atoms with E-state index in [0.717, 1.165) is 0 Å². The van der Waals surface area contributed by atoms with E-state index in [-0.39, 0.29) is 18.1 Å². The fraction of sp³-hybridized carbons (Fsp3) is 0.450. The van der Waals surface area contributed by atoms with Crippen LogP contribution in [0.15, 0.2) is 36.4 Å². The van der Waals surface area contributed by atoms with E-state index in [2.05, 4.69) is 43.3 Å². The molecule has 0 saturated carbocycles. The normalized spacial score (nSPS) is 12.4. The van der Waals surface area contributed by atoms with Crippen LogP contribution in [0, 0.1) is 6.92 Å². The maximum Gasteiger partial charge on any atom is 0.225 e. The maximum absolute atomic E-state index is 12.6. The van der Waals surface area contributed by atoms with Crippen molar-refractivity contribution in [2.45, 2.75) is 45.9 Å². The van der Waals surface area contributed by atoms with Crippen LogP contribution in [0.25, 0.3) is 10.4 Å². The summed E-state index contributed by atoms with van der Waals surface area (Å²) in [5.74, 6) is 0.0811. The summed E-state index contributed by atoms with van der Waals surface area (Å²) in [5.41, 5.74) is 8.11. The number of rotatable bonds is 8. The van der Waals surface area contributed by atoms with Gasteiger partial charge in [0.2, 0.25) is 5.91 Å². The highest BCUT2D eigenvalue weighted by Gasteiger charge is 2.21. The molecule has 0 radical (unpaired) electrons. The molecule has 1 atom stereocenters. The van der Waals surface area contributed by atoms with Crippen LogP contribution >= 0.6 is 11.3 Å². The van der Waals surface area contributed by atoms with Gasteiger partial charge in [0.15, 0.2) is 0 Å². The molecule has 5 heteroatoms. The second-order valence-electron chi connectivity index (χ2n) is 6.54. The Morgan fingerprint density at radius 3 is 2.44 bits per heavy atom. The lowest BCUT2D eigenvalue weighted by molar-refractivity contribution is -0.136. The molecule has 0 spiro atoms. The zero-order valence-corrected chi connectivity index (χ0v) is 16.3. The molecule has 0 fully saturated rings. The number of aryl methyl sites for hydroxylation is 1. The summed E-state index contributed by atoms with van der Waals surface area (Å²) in [7, 11) is 1.59. The Hall–Kier alpha value is -1.69. The number of carbonyl (C=O) groups excluding carboxylic acids is 1. The monoisotopic (exact) mass is 360 g/mol. The lowest BCUT2D eigenvalue weighted by Gasteiger charge is -2.27. The van der Waals surface area contributed by atoms with Crippen molar-refractivity contribution in [2.24, 2.45) is 5.73 Å². The van der Waals surface area contributed by atoms with Gasteiger partial charge >= 0.3 is 0 Å². The summed E-state index contributed by atoms with van der Waals surface area (Å²) in [4.78, 5) is 16.9. The molecule has 2 aromatic rings. The summed E-state index contributed by atoms with van der Waals surface area (Å²) >= 11 is 1.74. The first-order valence-electron chi connectivity index (χ1n) is 8.62. The molecule has 0 saturated heterocycles. The van der Waals surface area contributed by atoms with Gasteiger partial charge in [-0.2, -0.15) is 0 Å². The largest absolute Gasteiger partial charge is 0.380 e. The molecule has 0 aliphatic rings. The Labute approximate surface area is 154 Å². The number of benzene rings is 1. The quantitative estimate of drug-likeness (QED) is 0.778. The average molecular weight is 361 g/mol. The van der Waals surface area contributed by atoms with Crippen LogP contribution in [0.3, 0.4) is 0 Å². The van der Waals surface area contributed by atoms with Crippen LogP contribution in [0.1, 0.15) is 30.7 Å². The summed E-state index contributed by atoms with van der Waals surface area (Å²) < 4.78 is 5.25. The van der Waals surface area contributed by atoms with Crippen LogP contribution in [0.2, 0.25) is 0 Å². The van der Waals surface area contributed by atoms with Crippen molar-refractivity contribution >= 4 is 17.2 Å². The van der Waals surface area contributed by atoms with Gasteiger partial charge in [-0.15, -0.1) is 11.3 Å². The second kappa shape index (κ2) is 9.13. The minimum atomic E-state index is -0.222. The number of hydrogen-bond donors (Lipinski definition) is 1. The van der Waals surface area contributed by atoms with E-state index in [4.69, 9.17) is 10.5 Å². The number of thiophene rings is 1. The third-order valence-corrected chi connectivity index (χ3v) is 5.39. The zero-order valence-electron chi connectivity index (χ0n) is 15.5. The van der Waals surface area contributed by atoms with Crippen molar-refractivity contribution < 1.29 is 9.53 Å². The molecular weight excluding hydrogens is 332 g/mol. The molecular formula is C20H28N2O2S. The predicted molar refractivity (Wildman–Crippen MR) is 105 cm³/mol. The summed E-state index contributed by atoms with van der Waals surface area (Å²) in [5, 5.41) is 0. The highest BCUT2D eigenvalue weighted by atomic mass is 32.1. The van der Waals surface area contributed by atoms with Crippen LogP contribution in [-0.2, 0) is 16.1 Å². The maximum atomic E-state index is 12.6. The molecule has 2 N–H and O–H groups in total. The number of ether oxygens (including phenoxy) is 1. The lowest BCUT2D eigenvalue weighted by Crippen LogP contribution is -2.39. The third kappa shape index (κ3) is 5.39. The summed E-state index contributed by atoms with van der Waals surface area (Å²) in [6.45, 7) is 7.14. The number of nitrogens with two attached hydrogens (primary N) is 1. The van der Waals surface area contributed by atoms with Gasteiger partial charge in [0.25, 0.3) is 0 Å². The average Bonchev–Trinajstić information content (AvgIpc) is 3.06. The van der Waals surface area contributed by atoms with E-state index in [0.29, 0.717) is 19.5 Å². The highest BCUT2D eigenvalue weighted by molar-refractivity contribution is 7.15. The van der Waals surface area contributed by atoms with Crippen molar-refractivity contribution in [3.8, 4) is 10.4 Å². The molecule has 0 aliphatic carbocycles. The summed E-state index contributed by atoms with van der Waals surface area (Å²) in [6.07, 6.45) is 0.0988. The number of hydrogen-bond acceptors (Lipinski definition) is 4. The van der Waals surface area contributed by atoms with Gasteiger partial charge in [-0.3, -0.25) is 4.79 Å². The highest BCUT2D eigenvalue weighted by Crippen LogP contribution is 2.29. The van der Waals surface area contributed by atoms with Crippen LogP contribution in [0.4, 0.5) is 0 Å². The molecule has 0 aliphatic heterocycles. The Kier molecular flexibility index (Phi) is 7.17. The minimum Gasteiger partial charge on any atom is -0.380 e. The van der Waals surface area contributed by atoms with Gasteiger partial charge in [-0.1, -0.05) is 29.8 Å². The van der Waals surface area contributed by atoms with E-state index < -0.39 is 0 Å². The molecule has 1 amide bonds. The third-order valence-electron chi connectivity index (χ3n) is 4.27. The minimum absolute atomic E-state index is 0.0811. The Morgan fingerprint density at radius 1 is 1.20 bits per heavy atom. The van der Waals surface area contributed by atoms with Crippen molar-refractivity contribution in [1.29, 1.82) is 0 Å². The zero-order chi connectivity index (χ0) is 18.4. The molecule has 1 aromatic carbocycles. The molecule has 4 nitrogen and oxygen atoms in total. The Balaban J connectivity index is 2.09. The number of nitrogens with zero attached hydrogens (tertiary/aromatic N) is 1. The fourth-order valence-corrected chi connectivity index (χ4v) is 3.65. The number of methoxy groups -OCH3 is 1. The van der Waals surface area contributed by atoms with Gasteiger partial charge in [-0.25, -0.2) is 0 Å². The molecule has 2 rings (SSSR count). The predicted octanol–water partition coefficient (Wildman–Crippen LogP) is 3.82. The van der Waals surface area contributed by atoms with Gasteiger partial charge in [-0.05, 0) is 38.5 Å². The first kappa shape index (κ1) is 19.6. The van der Waals surface area contributed by atoms with Crippen molar-refractivity contribution in [1.82, 2.24) is 4.90 Å². The molecule has 1 aromatic heterocycles. The standard InChI is InChI=1S/C20H28N2O2S/c1-14(2)22(20(23)11-17(12-21)24-4)13-18-9-10-19(25-18)16-7-5-15(3)6-8-16/h5-10,14,17H,11-13,21H2,1-4H3. The topological polar surface area (TPSA) is 55.6 Å². The first-order chi connectivity index (χ1) is 11.9. The SMILES string of the molecule is COC(CN)CC(=O)N(Cc1ccc(-c2ccc(C)cc2)s1)C(C)C. The molecule has 136 valence electrons.